The van der Waals surface area contributed by atoms with Gasteiger partial charge >= 0.3 is 5.97 Å². The summed E-state index contributed by atoms with van der Waals surface area (Å²) in [7, 11) is 0. The van der Waals surface area contributed by atoms with Crippen LogP contribution < -0.4 is 0 Å². The highest BCUT2D eigenvalue weighted by Crippen LogP contribution is 2.23. The molecule has 3 aromatic heterocycles. The smallest absolute Gasteiger partial charge is 0.308 e. The molecule has 0 atom stereocenters. The monoisotopic (exact) mass is 331 g/mol. The number of esters is 1. The van der Waals surface area contributed by atoms with Crippen LogP contribution in [0.4, 0.5) is 0 Å². The van der Waals surface area contributed by atoms with Crippen molar-refractivity contribution in [1.82, 2.24) is 14.8 Å². The van der Waals surface area contributed by atoms with Gasteiger partial charge in [0, 0.05) is 5.69 Å². The fourth-order valence-electron chi connectivity index (χ4n) is 2.21. The molecule has 0 aliphatic rings. The maximum absolute atomic E-state index is 11.8. The molecule has 3 heterocycles. The number of hydrogen-bond acceptors (Lipinski definition) is 6. The van der Waals surface area contributed by atoms with Crippen LogP contribution in [0.1, 0.15) is 23.5 Å². The van der Waals surface area contributed by atoms with Gasteiger partial charge in [-0.25, -0.2) is 4.98 Å². The van der Waals surface area contributed by atoms with Crippen molar-refractivity contribution < 1.29 is 13.9 Å². The summed E-state index contributed by atoms with van der Waals surface area (Å²) in [4.78, 5) is 17.1. The lowest BCUT2D eigenvalue weighted by Crippen LogP contribution is -2.11. The van der Waals surface area contributed by atoms with Crippen molar-refractivity contribution in [3.05, 3.63) is 46.9 Å². The number of carbonyl (C=O) groups is 1. The van der Waals surface area contributed by atoms with Gasteiger partial charge in [0.05, 0.1) is 23.5 Å². The highest BCUT2D eigenvalue weighted by Gasteiger charge is 2.11. The van der Waals surface area contributed by atoms with Crippen LogP contribution in [-0.2, 0) is 22.7 Å². The van der Waals surface area contributed by atoms with Gasteiger partial charge in [-0.15, -0.1) is 11.3 Å². The number of carbonyl (C=O) groups excluding carboxylic acids is 1. The van der Waals surface area contributed by atoms with Crippen molar-refractivity contribution in [3.8, 4) is 10.8 Å². The first-order chi connectivity index (χ1) is 11.1. The lowest BCUT2D eigenvalue weighted by molar-refractivity contribution is -0.145. The Kier molecular flexibility index (Phi) is 4.57. The van der Waals surface area contributed by atoms with Gasteiger partial charge in [-0.2, -0.15) is 5.10 Å². The van der Waals surface area contributed by atoms with Crippen LogP contribution in [-0.4, -0.2) is 20.7 Å². The zero-order valence-electron chi connectivity index (χ0n) is 13.0. The Balaban J connectivity index is 1.48. The lowest BCUT2D eigenvalue weighted by Gasteiger charge is -2.04. The minimum Gasteiger partial charge on any atom is -0.459 e. The molecule has 0 saturated carbocycles. The van der Waals surface area contributed by atoms with Crippen LogP contribution in [0.15, 0.2) is 34.3 Å². The van der Waals surface area contributed by atoms with Crippen molar-refractivity contribution in [1.29, 1.82) is 0 Å². The van der Waals surface area contributed by atoms with E-state index >= 15 is 0 Å². The second-order valence-corrected chi connectivity index (χ2v) is 6.13. The number of aryl methyl sites for hydroxylation is 3. The maximum Gasteiger partial charge on any atom is 0.308 e. The van der Waals surface area contributed by atoms with Gasteiger partial charge in [0.2, 0.25) is 5.89 Å². The van der Waals surface area contributed by atoms with E-state index in [1.165, 1.54) is 6.26 Å². The van der Waals surface area contributed by atoms with E-state index in [0.717, 1.165) is 16.3 Å². The predicted octanol–water partition coefficient (Wildman–Crippen LogP) is 3.35. The van der Waals surface area contributed by atoms with E-state index in [2.05, 4.69) is 10.1 Å². The minimum atomic E-state index is -0.279. The second-order valence-electron chi connectivity index (χ2n) is 5.18. The predicted molar refractivity (Wildman–Crippen MR) is 85.9 cm³/mol. The lowest BCUT2D eigenvalue weighted by atomic mass is 10.4. The standard InChI is InChI=1S/C16H17N3O3S/c1-11-8-12(2)19(18-11)6-5-15(20)21-9-13-10-22-16(17-13)14-4-3-7-23-14/h3-4,7-8,10H,5-6,9H2,1-2H3. The molecular formula is C16H17N3O3S. The molecule has 23 heavy (non-hydrogen) atoms. The Hall–Kier alpha value is -2.41. The maximum atomic E-state index is 11.8. The molecule has 0 amide bonds. The second kappa shape index (κ2) is 6.78. The van der Waals surface area contributed by atoms with Crippen molar-refractivity contribution in [3.63, 3.8) is 0 Å². The summed E-state index contributed by atoms with van der Waals surface area (Å²) < 4.78 is 12.4. The Morgan fingerprint density at radius 3 is 3.00 bits per heavy atom. The molecule has 0 bridgehead atoms. The van der Waals surface area contributed by atoms with Crippen LogP contribution in [0.3, 0.4) is 0 Å². The molecule has 0 saturated heterocycles. The number of hydrogen-bond donors (Lipinski definition) is 0. The molecule has 120 valence electrons. The zero-order valence-corrected chi connectivity index (χ0v) is 13.8. The third kappa shape index (κ3) is 3.87. The van der Waals surface area contributed by atoms with E-state index in [0.29, 0.717) is 18.1 Å². The first kappa shape index (κ1) is 15.5. The fraction of sp³-hybridized carbons (Fsp3) is 0.312. The van der Waals surface area contributed by atoms with Crippen LogP contribution in [0.25, 0.3) is 10.8 Å². The topological polar surface area (TPSA) is 70.2 Å². The fourth-order valence-corrected chi connectivity index (χ4v) is 2.87. The number of thiophene rings is 1. The van der Waals surface area contributed by atoms with Crippen LogP contribution in [0, 0.1) is 13.8 Å². The van der Waals surface area contributed by atoms with Crippen molar-refractivity contribution in [2.75, 3.05) is 0 Å². The number of nitrogens with zero attached hydrogens (tertiary/aromatic N) is 3. The van der Waals surface area contributed by atoms with E-state index in [9.17, 15) is 4.79 Å². The molecular weight excluding hydrogens is 314 g/mol. The number of ether oxygens (including phenoxy) is 1. The highest BCUT2D eigenvalue weighted by molar-refractivity contribution is 7.13. The minimum absolute atomic E-state index is 0.116. The summed E-state index contributed by atoms with van der Waals surface area (Å²) in [5, 5.41) is 6.27. The molecule has 0 radical (unpaired) electrons. The molecule has 0 aliphatic carbocycles. The molecule has 3 rings (SSSR count). The van der Waals surface area contributed by atoms with E-state index < -0.39 is 0 Å². The summed E-state index contributed by atoms with van der Waals surface area (Å²) in [6.07, 6.45) is 1.79. The average Bonchev–Trinajstić information content (AvgIpc) is 3.24. The summed E-state index contributed by atoms with van der Waals surface area (Å²) in [5.74, 6) is 0.270. The number of aromatic nitrogens is 3. The third-order valence-corrected chi connectivity index (χ3v) is 4.15. The Labute approximate surface area is 137 Å². The van der Waals surface area contributed by atoms with E-state index in [1.54, 1.807) is 11.3 Å². The molecule has 7 heteroatoms. The molecule has 0 aliphatic heterocycles. The molecule has 0 unspecified atom stereocenters. The van der Waals surface area contributed by atoms with E-state index in [4.69, 9.17) is 9.15 Å². The zero-order chi connectivity index (χ0) is 16.2. The summed E-state index contributed by atoms with van der Waals surface area (Å²) >= 11 is 1.55. The van der Waals surface area contributed by atoms with Crippen molar-refractivity contribution >= 4 is 17.3 Å². The molecule has 0 aromatic carbocycles. The van der Waals surface area contributed by atoms with Gasteiger partial charge in [0.25, 0.3) is 0 Å². The average molecular weight is 331 g/mol. The van der Waals surface area contributed by atoms with Gasteiger partial charge in [-0.3, -0.25) is 9.48 Å². The van der Waals surface area contributed by atoms with Crippen LogP contribution in [0.5, 0.6) is 0 Å². The Bertz CT molecular complexity index is 789. The summed E-state index contributed by atoms with van der Waals surface area (Å²) in [5.41, 5.74) is 2.58. The Morgan fingerprint density at radius 2 is 2.30 bits per heavy atom. The van der Waals surface area contributed by atoms with Crippen LogP contribution in [0.2, 0.25) is 0 Å². The molecule has 0 spiro atoms. The van der Waals surface area contributed by atoms with Crippen molar-refractivity contribution in [2.45, 2.75) is 33.4 Å². The van der Waals surface area contributed by atoms with Gasteiger partial charge in [0.15, 0.2) is 0 Å². The normalized spacial score (nSPS) is 10.9. The number of oxazole rings is 1. The molecule has 6 nitrogen and oxygen atoms in total. The van der Waals surface area contributed by atoms with Gasteiger partial charge in [0.1, 0.15) is 18.6 Å². The quantitative estimate of drug-likeness (QED) is 0.648. The van der Waals surface area contributed by atoms with Gasteiger partial charge < -0.3 is 9.15 Å². The first-order valence-electron chi connectivity index (χ1n) is 7.27. The van der Waals surface area contributed by atoms with Crippen molar-refractivity contribution in [2.24, 2.45) is 0 Å². The van der Waals surface area contributed by atoms with Gasteiger partial charge in [-0.05, 0) is 31.4 Å². The van der Waals surface area contributed by atoms with Crippen LogP contribution >= 0.6 is 11.3 Å². The first-order valence-corrected chi connectivity index (χ1v) is 8.15. The van der Waals surface area contributed by atoms with E-state index in [-0.39, 0.29) is 19.0 Å². The molecule has 3 aromatic rings. The third-order valence-electron chi connectivity index (χ3n) is 3.30. The Morgan fingerprint density at radius 1 is 1.43 bits per heavy atom. The van der Waals surface area contributed by atoms with E-state index in [1.807, 2.05) is 42.1 Å². The summed E-state index contributed by atoms with van der Waals surface area (Å²) in [6.45, 7) is 4.52. The largest absolute Gasteiger partial charge is 0.459 e. The highest BCUT2D eigenvalue weighted by atomic mass is 32.1. The summed E-state index contributed by atoms with van der Waals surface area (Å²) in [6, 6.07) is 5.84. The SMILES string of the molecule is Cc1cc(C)n(CCC(=O)OCc2coc(-c3cccs3)n2)n1. The molecule has 0 fully saturated rings. The molecule has 0 N–H and O–H groups in total. The van der Waals surface area contributed by atoms with Gasteiger partial charge in [-0.1, -0.05) is 6.07 Å². The number of rotatable bonds is 6.